The first-order chi connectivity index (χ1) is 15.9. The largest absolute Gasteiger partial charge is 0.324 e. The number of imide groups is 1. The zero-order valence-electron chi connectivity index (χ0n) is 18.3. The number of piperidine rings is 1. The molecule has 2 aliphatic heterocycles. The second kappa shape index (κ2) is 8.27. The van der Waals surface area contributed by atoms with Gasteiger partial charge in [-0.15, -0.1) is 0 Å². The second-order valence-corrected chi connectivity index (χ2v) is 8.52. The van der Waals surface area contributed by atoms with E-state index in [0.717, 1.165) is 37.1 Å². The van der Waals surface area contributed by atoms with E-state index in [4.69, 9.17) is 0 Å². The van der Waals surface area contributed by atoms with E-state index < -0.39 is 11.9 Å². The van der Waals surface area contributed by atoms with Gasteiger partial charge in [-0.05, 0) is 44.7 Å². The van der Waals surface area contributed by atoms with Crippen LogP contribution in [-0.4, -0.2) is 37.1 Å². The first-order valence-electron chi connectivity index (χ1n) is 11.1. The van der Waals surface area contributed by atoms with Crippen LogP contribution in [0, 0.1) is 6.92 Å². The molecule has 0 bridgehead atoms. The lowest BCUT2D eigenvalue weighted by molar-refractivity contribution is -0.135. The second-order valence-electron chi connectivity index (χ2n) is 8.52. The van der Waals surface area contributed by atoms with E-state index in [9.17, 15) is 19.2 Å². The maximum atomic E-state index is 13.3. The molecule has 3 aromatic rings. The number of fused-ring (bicyclic) bond motifs is 2. The fourth-order valence-electron chi connectivity index (χ4n) is 4.73. The number of carbonyl (C=O) groups excluding carboxylic acids is 3. The molecular weight excluding hydrogens is 424 g/mol. The first kappa shape index (κ1) is 21.0. The van der Waals surface area contributed by atoms with Crippen molar-refractivity contribution in [2.24, 2.45) is 0 Å². The number of nitrogens with one attached hydrogen (secondary N) is 2. The van der Waals surface area contributed by atoms with E-state index >= 15 is 0 Å². The highest BCUT2D eigenvalue weighted by Crippen LogP contribution is 2.24. The van der Waals surface area contributed by atoms with Gasteiger partial charge in [0, 0.05) is 24.2 Å². The normalized spacial score (nSPS) is 18.2. The molecule has 0 aliphatic carbocycles. The van der Waals surface area contributed by atoms with Crippen molar-refractivity contribution in [1.29, 1.82) is 0 Å². The summed E-state index contributed by atoms with van der Waals surface area (Å²) in [4.78, 5) is 54.5. The Bertz CT molecular complexity index is 1350. The van der Waals surface area contributed by atoms with Gasteiger partial charge < -0.3 is 5.32 Å². The number of anilines is 1. The van der Waals surface area contributed by atoms with Crippen LogP contribution in [0.3, 0.4) is 0 Å². The predicted octanol–water partition coefficient (Wildman–Crippen LogP) is 1.40. The molecule has 4 heterocycles. The van der Waals surface area contributed by atoms with E-state index in [0.29, 0.717) is 22.4 Å². The Hall–Kier alpha value is -3.82. The van der Waals surface area contributed by atoms with Crippen LogP contribution in [0.4, 0.5) is 5.69 Å². The van der Waals surface area contributed by atoms with Crippen LogP contribution < -0.4 is 16.2 Å². The lowest BCUT2D eigenvalue weighted by Crippen LogP contribution is -2.45. The van der Waals surface area contributed by atoms with Crippen molar-refractivity contribution in [2.45, 2.75) is 58.0 Å². The molecular formula is C23H24N6O4. The summed E-state index contributed by atoms with van der Waals surface area (Å²) in [5.74, 6) is -0.723. The molecule has 3 amide bonds. The molecule has 1 fully saturated rings. The van der Waals surface area contributed by atoms with Crippen molar-refractivity contribution in [3.05, 3.63) is 51.8 Å². The van der Waals surface area contributed by atoms with E-state index in [-0.39, 0.29) is 36.6 Å². The summed E-state index contributed by atoms with van der Waals surface area (Å²) in [5.41, 5.74) is 2.45. The summed E-state index contributed by atoms with van der Waals surface area (Å²) in [6.45, 7) is 2.52. The van der Waals surface area contributed by atoms with Gasteiger partial charge in [-0.1, -0.05) is 6.07 Å². The molecule has 2 aliphatic rings. The van der Waals surface area contributed by atoms with Gasteiger partial charge in [0.15, 0.2) is 0 Å². The highest BCUT2D eigenvalue weighted by atomic mass is 16.2. The molecule has 10 heteroatoms. The first-order valence-corrected chi connectivity index (χ1v) is 11.1. The van der Waals surface area contributed by atoms with E-state index in [2.05, 4.69) is 20.7 Å². The molecule has 0 radical (unpaired) electrons. The molecule has 10 nitrogen and oxygen atoms in total. The van der Waals surface area contributed by atoms with Crippen molar-refractivity contribution < 1.29 is 14.4 Å². The number of hydrogen-bond acceptors (Lipinski definition) is 6. The highest BCUT2D eigenvalue weighted by molar-refractivity contribution is 6.01. The lowest BCUT2D eigenvalue weighted by atomic mass is 10.0. The number of aryl methyl sites for hydroxylation is 2. The summed E-state index contributed by atoms with van der Waals surface area (Å²) in [5, 5.41) is 9.85. The van der Waals surface area contributed by atoms with E-state index in [1.807, 2.05) is 4.68 Å². The Morgan fingerprint density at radius 3 is 2.88 bits per heavy atom. The summed E-state index contributed by atoms with van der Waals surface area (Å²) >= 11 is 0. The van der Waals surface area contributed by atoms with Crippen LogP contribution in [-0.2, 0) is 33.8 Å². The Morgan fingerprint density at radius 1 is 1.21 bits per heavy atom. The van der Waals surface area contributed by atoms with Crippen molar-refractivity contribution in [2.75, 3.05) is 5.32 Å². The minimum absolute atomic E-state index is 0.162. The molecule has 0 saturated carbocycles. The van der Waals surface area contributed by atoms with Gasteiger partial charge >= 0.3 is 0 Å². The zero-order valence-corrected chi connectivity index (χ0v) is 18.3. The summed E-state index contributed by atoms with van der Waals surface area (Å²) < 4.78 is 3.29. The van der Waals surface area contributed by atoms with Gasteiger partial charge in [0.1, 0.15) is 17.4 Å². The third-order valence-electron chi connectivity index (χ3n) is 6.32. The Morgan fingerprint density at radius 2 is 2.06 bits per heavy atom. The topological polar surface area (TPSA) is 128 Å². The molecule has 1 atom stereocenters. The maximum Gasteiger partial charge on any atom is 0.262 e. The summed E-state index contributed by atoms with van der Waals surface area (Å²) in [7, 11) is 0. The highest BCUT2D eigenvalue weighted by Gasteiger charge is 2.30. The summed E-state index contributed by atoms with van der Waals surface area (Å²) in [6, 6.07) is 4.21. The van der Waals surface area contributed by atoms with Gasteiger partial charge in [-0.2, -0.15) is 5.10 Å². The van der Waals surface area contributed by atoms with E-state index in [1.165, 1.54) is 4.57 Å². The molecule has 1 unspecified atom stereocenters. The number of benzene rings is 1. The minimum atomic E-state index is -0.793. The number of amides is 3. The molecule has 2 N–H and O–H groups in total. The smallest absolute Gasteiger partial charge is 0.262 e. The number of hydrogen-bond donors (Lipinski definition) is 2. The third-order valence-corrected chi connectivity index (χ3v) is 6.32. The molecule has 170 valence electrons. The maximum absolute atomic E-state index is 13.3. The molecule has 5 rings (SSSR count). The van der Waals surface area contributed by atoms with Crippen LogP contribution in [0.25, 0.3) is 10.9 Å². The van der Waals surface area contributed by atoms with Gasteiger partial charge in [0.25, 0.3) is 5.56 Å². The third kappa shape index (κ3) is 3.81. The van der Waals surface area contributed by atoms with Crippen molar-refractivity contribution in [3.8, 4) is 0 Å². The number of aromatic nitrogens is 4. The minimum Gasteiger partial charge on any atom is -0.324 e. The molecule has 1 aromatic carbocycles. The number of carbonyl (C=O) groups is 3. The van der Waals surface area contributed by atoms with Crippen LogP contribution in [0.1, 0.15) is 48.8 Å². The van der Waals surface area contributed by atoms with Crippen LogP contribution in [0.15, 0.2) is 29.2 Å². The van der Waals surface area contributed by atoms with Gasteiger partial charge in [0.05, 0.1) is 23.7 Å². The van der Waals surface area contributed by atoms with E-state index in [1.54, 1.807) is 31.3 Å². The Kier molecular flexibility index (Phi) is 5.27. The average molecular weight is 448 g/mol. The van der Waals surface area contributed by atoms with Crippen LogP contribution in [0.2, 0.25) is 0 Å². The molecule has 2 aromatic heterocycles. The van der Waals surface area contributed by atoms with Gasteiger partial charge in [-0.25, -0.2) is 4.98 Å². The van der Waals surface area contributed by atoms with Crippen molar-refractivity contribution in [3.63, 3.8) is 0 Å². The predicted molar refractivity (Wildman–Crippen MR) is 120 cm³/mol. The Balaban J connectivity index is 1.44. The SMILES string of the molecule is Cc1nc2c(NC(=O)Cc3cnn4c3CCCC4)cccc2c(=O)n1C1CCC(=O)NC1=O. The van der Waals surface area contributed by atoms with Gasteiger partial charge in [0.2, 0.25) is 17.7 Å². The summed E-state index contributed by atoms with van der Waals surface area (Å²) in [6.07, 6.45) is 5.45. The van der Waals surface area contributed by atoms with Crippen LogP contribution >= 0.6 is 0 Å². The standard InChI is InChI=1S/C23H24N6O4/c1-13-25-21-15(23(33)29(13)18-8-9-19(30)27-22(18)32)5-4-6-16(21)26-20(31)11-14-12-24-28-10-3-2-7-17(14)28/h4-6,12,18H,2-3,7-11H2,1H3,(H,26,31)(H,27,30,32). The van der Waals surface area contributed by atoms with Gasteiger partial charge in [-0.3, -0.25) is 33.7 Å². The number of para-hydroxylation sites is 1. The fraction of sp³-hybridized carbons (Fsp3) is 0.391. The fourth-order valence-corrected chi connectivity index (χ4v) is 4.73. The lowest BCUT2D eigenvalue weighted by Gasteiger charge is -2.24. The Labute approximate surface area is 189 Å². The van der Waals surface area contributed by atoms with Crippen molar-refractivity contribution in [1.82, 2.24) is 24.6 Å². The average Bonchev–Trinajstić information content (AvgIpc) is 3.18. The number of rotatable bonds is 4. The molecule has 1 saturated heterocycles. The number of nitrogens with zero attached hydrogens (tertiary/aromatic N) is 4. The van der Waals surface area contributed by atoms with Crippen LogP contribution in [0.5, 0.6) is 0 Å². The monoisotopic (exact) mass is 448 g/mol. The van der Waals surface area contributed by atoms with Crippen molar-refractivity contribution >= 4 is 34.3 Å². The quantitative estimate of drug-likeness (QED) is 0.581. The molecule has 33 heavy (non-hydrogen) atoms. The molecule has 0 spiro atoms. The zero-order chi connectivity index (χ0) is 23.1.